The predicted molar refractivity (Wildman–Crippen MR) is 150 cm³/mol. The van der Waals surface area contributed by atoms with Crippen molar-refractivity contribution in [3.8, 4) is 11.4 Å². The van der Waals surface area contributed by atoms with Gasteiger partial charge < -0.3 is 14.8 Å². The van der Waals surface area contributed by atoms with Gasteiger partial charge in [-0.3, -0.25) is 4.68 Å². The fourth-order valence-corrected chi connectivity index (χ4v) is 6.57. The number of rotatable bonds is 8. The number of anilines is 3. The van der Waals surface area contributed by atoms with Crippen molar-refractivity contribution < 1.29 is 8.94 Å². The summed E-state index contributed by atoms with van der Waals surface area (Å²) in [6.45, 7) is 5.83. The van der Waals surface area contributed by atoms with E-state index in [0.717, 1.165) is 48.3 Å². The van der Waals surface area contributed by atoms with Gasteiger partial charge in [0.05, 0.1) is 24.1 Å². The maximum absolute atomic E-state index is 13.3. The van der Waals surface area contributed by atoms with Crippen LogP contribution >= 0.6 is 0 Å². The van der Waals surface area contributed by atoms with Crippen molar-refractivity contribution in [2.45, 2.75) is 38.6 Å². The lowest BCUT2D eigenvalue weighted by molar-refractivity contribution is 0.347. The lowest BCUT2D eigenvalue weighted by Crippen LogP contribution is -2.49. The number of benzene rings is 1. The molecule has 8 nitrogen and oxygen atoms in total. The van der Waals surface area contributed by atoms with Gasteiger partial charge in [0.15, 0.2) is 5.82 Å². The van der Waals surface area contributed by atoms with Crippen molar-refractivity contribution in [3.63, 3.8) is 0 Å². The molecule has 4 aromatic rings. The van der Waals surface area contributed by atoms with E-state index >= 15 is 0 Å². The Morgan fingerprint density at radius 1 is 1.13 bits per heavy atom. The van der Waals surface area contributed by atoms with Gasteiger partial charge in [0.25, 0.3) is 0 Å². The van der Waals surface area contributed by atoms with E-state index in [1.807, 2.05) is 12.3 Å². The van der Waals surface area contributed by atoms with Crippen LogP contribution in [0.15, 0.2) is 42.9 Å². The van der Waals surface area contributed by atoms with E-state index in [1.54, 1.807) is 23.3 Å². The molecule has 2 unspecified atom stereocenters. The van der Waals surface area contributed by atoms with Crippen LogP contribution in [0.5, 0.6) is 0 Å². The number of aromatic nitrogens is 5. The summed E-state index contributed by atoms with van der Waals surface area (Å²) in [5.41, 5.74) is 4.28. The SMILES string of the molecule is CC(C)c1ccc(N2CC(C[S+](C)[O-])C2)c2cnc(Nc3ccnc(-c4cnn5c4CCC5CF)n3)cc12. The van der Waals surface area contributed by atoms with Gasteiger partial charge in [-0.1, -0.05) is 31.1 Å². The van der Waals surface area contributed by atoms with E-state index in [-0.39, 0.29) is 6.04 Å². The quantitative estimate of drug-likeness (QED) is 0.318. The molecule has 0 aliphatic carbocycles. The van der Waals surface area contributed by atoms with E-state index in [1.165, 1.54) is 16.6 Å². The van der Waals surface area contributed by atoms with Crippen LogP contribution in [0.3, 0.4) is 0 Å². The zero-order valence-corrected chi connectivity index (χ0v) is 22.7. The van der Waals surface area contributed by atoms with Crippen molar-refractivity contribution in [3.05, 3.63) is 54.1 Å². The van der Waals surface area contributed by atoms with Crippen LogP contribution < -0.4 is 10.2 Å². The van der Waals surface area contributed by atoms with E-state index in [9.17, 15) is 8.94 Å². The standard InChI is InChI=1S/C28H32FN7OS/c1-17(2)20-5-7-24(35-14-18(15-35)16-38(3)37)22-12-31-27(10-21(20)22)33-26-8-9-30-28(34-26)23-13-32-36-19(11-29)4-6-25(23)36/h5,7-10,12-13,17-19H,4,6,11,14-16H2,1-3H3,(H,30,31,33,34). The van der Waals surface area contributed by atoms with Crippen LogP contribution in [-0.2, 0) is 17.6 Å². The molecule has 0 spiro atoms. The Bertz CT molecular complexity index is 1470. The van der Waals surface area contributed by atoms with Gasteiger partial charge in [-0.05, 0) is 47.9 Å². The highest BCUT2D eigenvalue weighted by molar-refractivity contribution is 7.90. The highest BCUT2D eigenvalue weighted by atomic mass is 32.2. The van der Waals surface area contributed by atoms with Crippen molar-refractivity contribution in [1.29, 1.82) is 0 Å². The highest BCUT2D eigenvalue weighted by Crippen LogP contribution is 2.37. The zero-order valence-electron chi connectivity index (χ0n) is 21.9. The van der Waals surface area contributed by atoms with Gasteiger partial charge in [-0.2, -0.15) is 5.10 Å². The third-order valence-electron chi connectivity index (χ3n) is 7.59. The zero-order chi connectivity index (χ0) is 26.4. The van der Waals surface area contributed by atoms with Crippen LogP contribution in [0.1, 0.15) is 43.5 Å². The fraction of sp³-hybridized carbons (Fsp3) is 0.429. The normalized spacial score (nSPS) is 18.2. The maximum Gasteiger partial charge on any atom is 0.164 e. The molecule has 6 rings (SSSR count). The van der Waals surface area contributed by atoms with Gasteiger partial charge >= 0.3 is 0 Å². The first-order valence-corrected chi connectivity index (χ1v) is 14.8. The van der Waals surface area contributed by atoms with Crippen molar-refractivity contribution in [1.82, 2.24) is 24.7 Å². The van der Waals surface area contributed by atoms with Crippen LogP contribution in [0.2, 0.25) is 0 Å². The maximum atomic E-state index is 13.3. The minimum atomic E-state index is -0.767. The number of nitrogens with zero attached hydrogens (tertiary/aromatic N) is 6. The molecule has 3 aromatic heterocycles. The minimum Gasteiger partial charge on any atom is -0.617 e. The van der Waals surface area contributed by atoms with Gasteiger partial charge in [0.1, 0.15) is 24.1 Å². The van der Waals surface area contributed by atoms with Crippen LogP contribution in [0.25, 0.3) is 22.2 Å². The van der Waals surface area contributed by atoms with Crippen molar-refractivity contribution in [2.75, 3.05) is 42.0 Å². The van der Waals surface area contributed by atoms with E-state index in [0.29, 0.717) is 29.3 Å². The van der Waals surface area contributed by atoms with Crippen LogP contribution in [0, 0.1) is 5.92 Å². The molecule has 38 heavy (non-hydrogen) atoms. The Morgan fingerprint density at radius 2 is 1.97 bits per heavy atom. The number of hydrogen-bond donors (Lipinski definition) is 1. The summed E-state index contributed by atoms with van der Waals surface area (Å²) in [5, 5.41) is 10.0. The second kappa shape index (κ2) is 10.1. The summed E-state index contributed by atoms with van der Waals surface area (Å²) >= 11 is -0.767. The molecule has 198 valence electrons. The molecule has 0 amide bonds. The highest BCUT2D eigenvalue weighted by Gasteiger charge is 2.31. The molecule has 0 bridgehead atoms. The topological polar surface area (TPSA) is 94.8 Å². The molecule has 2 aliphatic rings. The Labute approximate surface area is 224 Å². The molecule has 0 saturated carbocycles. The number of nitrogens with one attached hydrogen (secondary N) is 1. The van der Waals surface area contributed by atoms with Crippen LogP contribution in [0.4, 0.5) is 21.7 Å². The number of pyridine rings is 1. The first kappa shape index (κ1) is 25.1. The lowest BCUT2D eigenvalue weighted by Gasteiger charge is -2.41. The Hall–Kier alpha value is -3.24. The van der Waals surface area contributed by atoms with E-state index in [2.05, 4.69) is 52.3 Å². The first-order valence-electron chi connectivity index (χ1n) is 13.1. The number of halogens is 1. The molecule has 1 saturated heterocycles. The fourth-order valence-electron chi connectivity index (χ4n) is 5.69. The lowest BCUT2D eigenvalue weighted by atomic mass is 9.93. The summed E-state index contributed by atoms with van der Waals surface area (Å²) in [6.07, 6.45) is 8.69. The molecule has 5 heterocycles. The molecule has 2 aliphatic heterocycles. The number of hydrogen-bond acceptors (Lipinski definition) is 7. The molecular weight excluding hydrogens is 501 g/mol. The van der Waals surface area contributed by atoms with Gasteiger partial charge in [0.2, 0.25) is 0 Å². The molecule has 1 aromatic carbocycles. The molecule has 10 heteroatoms. The smallest absolute Gasteiger partial charge is 0.164 e. The van der Waals surface area contributed by atoms with Crippen molar-refractivity contribution in [2.24, 2.45) is 5.92 Å². The summed E-state index contributed by atoms with van der Waals surface area (Å²) < 4.78 is 26.7. The second-order valence-corrected chi connectivity index (χ2v) is 12.1. The molecule has 1 N–H and O–H groups in total. The monoisotopic (exact) mass is 533 g/mol. The molecule has 0 radical (unpaired) electrons. The van der Waals surface area contributed by atoms with E-state index < -0.39 is 17.9 Å². The summed E-state index contributed by atoms with van der Waals surface area (Å²) in [6, 6.07) is 8.13. The van der Waals surface area contributed by atoms with E-state index in [4.69, 9.17) is 9.97 Å². The van der Waals surface area contributed by atoms with Gasteiger partial charge in [-0.25, -0.2) is 19.3 Å². The summed E-state index contributed by atoms with van der Waals surface area (Å²) in [4.78, 5) is 16.3. The Kier molecular flexibility index (Phi) is 6.69. The molecule has 2 atom stereocenters. The second-order valence-electron chi connectivity index (χ2n) is 10.6. The van der Waals surface area contributed by atoms with Gasteiger partial charge in [0, 0.05) is 48.2 Å². The summed E-state index contributed by atoms with van der Waals surface area (Å²) in [5.74, 6) is 3.51. The average Bonchev–Trinajstić information content (AvgIpc) is 3.47. The minimum absolute atomic E-state index is 0.195. The third kappa shape index (κ3) is 4.60. The van der Waals surface area contributed by atoms with Crippen molar-refractivity contribution >= 4 is 39.3 Å². The largest absolute Gasteiger partial charge is 0.617 e. The molecule has 1 fully saturated rings. The van der Waals surface area contributed by atoms with Gasteiger partial charge in [-0.15, -0.1) is 0 Å². The summed E-state index contributed by atoms with van der Waals surface area (Å²) in [7, 11) is 0. The number of fused-ring (bicyclic) bond motifs is 2. The number of alkyl halides is 1. The first-order chi connectivity index (χ1) is 18.4. The molecular formula is C28H32FN7OS. The average molecular weight is 534 g/mol. The predicted octanol–water partition coefficient (Wildman–Crippen LogP) is 5.03. The van der Waals surface area contributed by atoms with Crippen LogP contribution in [-0.4, -0.2) is 61.1 Å². The Balaban J connectivity index is 1.28. The Morgan fingerprint density at radius 3 is 2.74 bits per heavy atom. The third-order valence-corrected chi connectivity index (χ3v) is 8.53.